The molecular formula is C15H24BrN3O. The van der Waals surface area contributed by atoms with Crippen LogP contribution in [0.15, 0.2) is 22.9 Å². The number of ether oxygens (including phenoxy) is 1. The molecule has 5 heteroatoms. The molecule has 0 saturated carbocycles. The van der Waals surface area contributed by atoms with Crippen LogP contribution in [0.2, 0.25) is 0 Å². The van der Waals surface area contributed by atoms with Gasteiger partial charge in [-0.3, -0.25) is 9.88 Å². The molecule has 2 N–H and O–H groups in total. The zero-order valence-corrected chi connectivity index (χ0v) is 13.7. The van der Waals surface area contributed by atoms with Crippen LogP contribution in [-0.2, 0) is 4.74 Å². The summed E-state index contributed by atoms with van der Waals surface area (Å²) >= 11 is 3.48. The van der Waals surface area contributed by atoms with Gasteiger partial charge < -0.3 is 10.5 Å². The minimum atomic E-state index is 0.230. The molecule has 0 aliphatic carbocycles. The Morgan fingerprint density at radius 2 is 2.40 bits per heavy atom. The van der Waals surface area contributed by atoms with Gasteiger partial charge in [0.2, 0.25) is 0 Å². The molecule has 2 atom stereocenters. The second kappa shape index (κ2) is 8.08. The standard InChI is InChI=1S/C15H24BrN3O/c1-2-6-20-14-4-3-5-19(11-14)15(8-17)12-7-13(16)10-18-9-12/h7,9-10,14-15H,2-6,8,11,17H2,1H3. The highest BCUT2D eigenvalue weighted by Crippen LogP contribution is 2.26. The minimum absolute atomic E-state index is 0.230. The van der Waals surface area contributed by atoms with Crippen LogP contribution in [0.25, 0.3) is 0 Å². The van der Waals surface area contributed by atoms with Crippen molar-refractivity contribution in [2.45, 2.75) is 38.3 Å². The molecule has 0 spiro atoms. The van der Waals surface area contributed by atoms with Crippen molar-refractivity contribution in [1.82, 2.24) is 9.88 Å². The van der Waals surface area contributed by atoms with Gasteiger partial charge in [-0.15, -0.1) is 0 Å². The molecule has 0 aromatic carbocycles. The summed E-state index contributed by atoms with van der Waals surface area (Å²) in [5.74, 6) is 0. The first-order valence-electron chi connectivity index (χ1n) is 7.40. The molecule has 0 amide bonds. The fourth-order valence-electron chi connectivity index (χ4n) is 2.78. The molecule has 1 aliphatic rings. The predicted molar refractivity (Wildman–Crippen MR) is 84.6 cm³/mol. The van der Waals surface area contributed by atoms with E-state index in [0.717, 1.165) is 37.0 Å². The summed E-state index contributed by atoms with van der Waals surface area (Å²) in [6.07, 6.45) is 7.47. The van der Waals surface area contributed by atoms with Crippen LogP contribution in [0.4, 0.5) is 0 Å². The maximum Gasteiger partial charge on any atom is 0.0702 e. The topological polar surface area (TPSA) is 51.4 Å². The molecule has 2 rings (SSSR count). The van der Waals surface area contributed by atoms with Crippen LogP contribution in [0, 0.1) is 0 Å². The maximum atomic E-state index is 6.01. The fraction of sp³-hybridized carbons (Fsp3) is 0.667. The summed E-state index contributed by atoms with van der Waals surface area (Å²) < 4.78 is 6.91. The summed E-state index contributed by atoms with van der Waals surface area (Å²) in [5.41, 5.74) is 7.18. The number of hydrogen-bond donors (Lipinski definition) is 1. The number of nitrogens with two attached hydrogens (primary N) is 1. The number of halogens is 1. The minimum Gasteiger partial charge on any atom is -0.377 e. The van der Waals surface area contributed by atoms with Crippen LogP contribution < -0.4 is 5.73 Å². The Bertz CT molecular complexity index is 416. The molecule has 2 heterocycles. The first-order chi connectivity index (χ1) is 9.74. The zero-order chi connectivity index (χ0) is 14.4. The van der Waals surface area contributed by atoms with Crippen molar-refractivity contribution >= 4 is 15.9 Å². The Morgan fingerprint density at radius 1 is 1.55 bits per heavy atom. The van der Waals surface area contributed by atoms with Crippen molar-refractivity contribution in [2.24, 2.45) is 5.73 Å². The smallest absolute Gasteiger partial charge is 0.0702 e. The summed E-state index contributed by atoms with van der Waals surface area (Å²) in [7, 11) is 0. The second-order valence-electron chi connectivity index (χ2n) is 5.32. The van der Waals surface area contributed by atoms with Crippen LogP contribution >= 0.6 is 15.9 Å². The first-order valence-corrected chi connectivity index (χ1v) is 8.20. The third-order valence-electron chi connectivity index (χ3n) is 3.74. The second-order valence-corrected chi connectivity index (χ2v) is 6.23. The van der Waals surface area contributed by atoms with Gasteiger partial charge in [-0.2, -0.15) is 0 Å². The van der Waals surface area contributed by atoms with E-state index in [2.05, 4.69) is 38.8 Å². The molecule has 0 radical (unpaired) electrons. The first kappa shape index (κ1) is 15.9. The van der Waals surface area contributed by atoms with E-state index in [9.17, 15) is 0 Å². The average Bonchev–Trinajstić information content (AvgIpc) is 2.46. The molecule has 20 heavy (non-hydrogen) atoms. The van der Waals surface area contributed by atoms with Gasteiger partial charge in [-0.1, -0.05) is 6.92 Å². The zero-order valence-electron chi connectivity index (χ0n) is 12.1. The lowest BCUT2D eigenvalue weighted by molar-refractivity contribution is -0.0119. The summed E-state index contributed by atoms with van der Waals surface area (Å²) in [6, 6.07) is 2.34. The number of rotatable bonds is 6. The van der Waals surface area contributed by atoms with Gasteiger partial charge in [0.05, 0.1) is 6.10 Å². The molecule has 1 fully saturated rings. The highest BCUT2D eigenvalue weighted by molar-refractivity contribution is 9.10. The monoisotopic (exact) mass is 341 g/mol. The van der Waals surface area contributed by atoms with E-state index in [-0.39, 0.29) is 6.04 Å². The van der Waals surface area contributed by atoms with Crippen LogP contribution in [-0.4, -0.2) is 42.2 Å². The summed E-state index contributed by atoms with van der Waals surface area (Å²) in [5, 5.41) is 0. The van der Waals surface area contributed by atoms with E-state index in [1.54, 1.807) is 6.20 Å². The van der Waals surface area contributed by atoms with Crippen LogP contribution in [0.1, 0.15) is 37.8 Å². The van der Waals surface area contributed by atoms with E-state index in [1.807, 2.05) is 6.20 Å². The van der Waals surface area contributed by atoms with Crippen molar-refractivity contribution in [3.05, 3.63) is 28.5 Å². The Hall–Kier alpha value is -0.490. The predicted octanol–water partition coefficient (Wildman–Crippen LogP) is 2.73. The number of pyridine rings is 1. The quantitative estimate of drug-likeness (QED) is 0.864. The number of piperidine rings is 1. The van der Waals surface area contributed by atoms with Gasteiger partial charge in [-0.05, 0) is 53.4 Å². The Morgan fingerprint density at radius 3 is 3.10 bits per heavy atom. The molecule has 4 nitrogen and oxygen atoms in total. The molecular weight excluding hydrogens is 318 g/mol. The summed E-state index contributed by atoms with van der Waals surface area (Å²) in [6.45, 7) is 5.66. The molecule has 1 aromatic heterocycles. The third kappa shape index (κ3) is 4.25. The third-order valence-corrected chi connectivity index (χ3v) is 4.18. The van der Waals surface area contributed by atoms with Crippen LogP contribution in [0.3, 0.4) is 0 Å². The van der Waals surface area contributed by atoms with Crippen molar-refractivity contribution in [3.8, 4) is 0 Å². The number of likely N-dealkylation sites (tertiary alicyclic amines) is 1. The van der Waals surface area contributed by atoms with Crippen molar-refractivity contribution in [1.29, 1.82) is 0 Å². The van der Waals surface area contributed by atoms with Crippen molar-refractivity contribution < 1.29 is 4.74 Å². The van der Waals surface area contributed by atoms with Crippen LogP contribution in [0.5, 0.6) is 0 Å². The molecule has 112 valence electrons. The van der Waals surface area contributed by atoms with Gasteiger partial charge in [0, 0.05) is 42.6 Å². The largest absolute Gasteiger partial charge is 0.377 e. The van der Waals surface area contributed by atoms with E-state index in [4.69, 9.17) is 10.5 Å². The number of nitrogens with zero attached hydrogens (tertiary/aromatic N) is 2. The lowest BCUT2D eigenvalue weighted by Gasteiger charge is -2.37. The average molecular weight is 342 g/mol. The van der Waals surface area contributed by atoms with E-state index < -0.39 is 0 Å². The number of aromatic nitrogens is 1. The van der Waals surface area contributed by atoms with E-state index >= 15 is 0 Å². The number of hydrogen-bond acceptors (Lipinski definition) is 4. The van der Waals surface area contributed by atoms with Gasteiger partial charge in [0.1, 0.15) is 0 Å². The summed E-state index contributed by atoms with van der Waals surface area (Å²) in [4.78, 5) is 6.69. The molecule has 1 aromatic rings. The molecule has 0 bridgehead atoms. The van der Waals surface area contributed by atoms with Gasteiger partial charge in [0.25, 0.3) is 0 Å². The maximum absolute atomic E-state index is 6.01. The van der Waals surface area contributed by atoms with E-state index in [1.165, 1.54) is 12.0 Å². The van der Waals surface area contributed by atoms with Gasteiger partial charge in [0.15, 0.2) is 0 Å². The molecule has 2 unspecified atom stereocenters. The normalized spacial score (nSPS) is 21.9. The highest BCUT2D eigenvalue weighted by atomic mass is 79.9. The SMILES string of the molecule is CCCOC1CCCN(C(CN)c2cncc(Br)c2)C1. The van der Waals surface area contributed by atoms with Gasteiger partial charge >= 0.3 is 0 Å². The molecule has 1 aliphatic heterocycles. The lowest BCUT2D eigenvalue weighted by Crippen LogP contribution is -2.44. The van der Waals surface area contributed by atoms with Crippen molar-refractivity contribution in [2.75, 3.05) is 26.2 Å². The highest BCUT2D eigenvalue weighted by Gasteiger charge is 2.26. The fourth-order valence-corrected chi connectivity index (χ4v) is 3.16. The van der Waals surface area contributed by atoms with E-state index in [0.29, 0.717) is 12.6 Å². The Labute approximate surface area is 129 Å². The Balaban J connectivity index is 2.03. The van der Waals surface area contributed by atoms with Gasteiger partial charge in [-0.25, -0.2) is 0 Å². The lowest BCUT2D eigenvalue weighted by atomic mass is 10.0. The molecule has 1 saturated heterocycles. The van der Waals surface area contributed by atoms with Crippen molar-refractivity contribution in [3.63, 3.8) is 0 Å². The Kier molecular flexibility index (Phi) is 6.42.